The Morgan fingerprint density at radius 1 is 0.255 bits per heavy atom. The summed E-state index contributed by atoms with van der Waals surface area (Å²) < 4.78 is 68.9. The van der Waals surface area contributed by atoms with Crippen LogP contribution in [0.2, 0.25) is 0 Å². The summed E-state index contributed by atoms with van der Waals surface area (Å²) in [5, 5.41) is 10.7. The molecule has 0 aromatic rings. The second-order valence-electron chi connectivity index (χ2n) is 31.8. The molecule has 0 aromatic carbocycles. The van der Waals surface area contributed by atoms with Crippen LogP contribution in [0.4, 0.5) is 0 Å². The van der Waals surface area contributed by atoms with E-state index < -0.39 is 97.5 Å². The van der Waals surface area contributed by atoms with Gasteiger partial charge in [-0.25, -0.2) is 9.13 Å². The second-order valence-corrected chi connectivity index (χ2v) is 34.7. The van der Waals surface area contributed by atoms with Crippen LogP contribution in [0.3, 0.4) is 0 Å². The minimum absolute atomic E-state index is 0.109. The van der Waals surface area contributed by atoms with E-state index in [9.17, 15) is 43.2 Å². The summed E-state index contributed by atoms with van der Waals surface area (Å²) in [6, 6.07) is 0. The molecular formula is C87H170O17P2. The zero-order valence-corrected chi connectivity index (χ0v) is 71.4. The van der Waals surface area contributed by atoms with Crippen LogP contribution in [0, 0.1) is 5.92 Å². The fourth-order valence-corrected chi connectivity index (χ4v) is 15.2. The highest BCUT2D eigenvalue weighted by Crippen LogP contribution is 2.45. The summed E-state index contributed by atoms with van der Waals surface area (Å²) in [7, 11) is -9.93. The molecule has 630 valence electrons. The number of rotatable bonds is 87. The van der Waals surface area contributed by atoms with Gasteiger partial charge in [-0.3, -0.25) is 37.3 Å². The van der Waals surface area contributed by atoms with E-state index in [4.69, 9.17) is 37.0 Å². The number of aliphatic hydroxyl groups is 1. The Bertz CT molecular complexity index is 2010. The Balaban J connectivity index is 5.20. The number of ether oxygens (including phenoxy) is 4. The molecule has 106 heavy (non-hydrogen) atoms. The maximum atomic E-state index is 13.2. The first-order valence-corrected chi connectivity index (χ1v) is 48.1. The molecule has 17 nitrogen and oxygen atoms in total. The molecule has 0 aliphatic rings. The number of unbranched alkanes of at least 4 members (excludes halogenated alkanes) is 59. The molecule has 19 heteroatoms. The monoisotopic (exact) mass is 1550 g/mol. The van der Waals surface area contributed by atoms with Gasteiger partial charge in [-0.2, -0.15) is 0 Å². The van der Waals surface area contributed by atoms with E-state index in [-0.39, 0.29) is 25.7 Å². The molecule has 0 heterocycles. The smallest absolute Gasteiger partial charge is 0.462 e. The highest BCUT2D eigenvalue weighted by Gasteiger charge is 2.30. The van der Waals surface area contributed by atoms with Gasteiger partial charge >= 0.3 is 39.5 Å². The predicted octanol–water partition coefficient (Wildman–Crippen LogP) is 26.8. The van der Waals surface area contributed by atoms with Crippen LogP contribution < -0.4 is 0 Å². The Labute approximate surface area is 651 Å². The first kappa shape index (κ1) is 104. The van der Waals surface area contributed by atoms with Crippen molar-refractivity contribution in [3.05, 3.63) is 0 Å². The molecule has 0 fully saturated rings. The van der Waals surface area contributed by atoms with Crippen LogP contribution in [0.5, 0.6) is 0 Å². The summed E-state index contributed by atoms with van der Waals surface area (Å²) in [4.78, 5) is 73.2. The van der Waals surface area contributed by atoms with Crippen molar-refractivity contribution in [2.45, 2.75) is 490 Å². The van der Waals surface area contributed by atoms with Gasteiger partial charge in [-0.15, -0.1) is 0 Å². The van der Waals surface area contributed by atoms with Crippen molar-refractivity contribution in [3.63, 3.8) is 0 Å². The van der Waals surface area contributed by atoms with Gasteiger partial charge in [0.05, 0.1) is 26.4 Å². The highest BCUT2D eigenvalue weighted by molar-refractivity contribution is 7.47. The molecule has 0 aromatic heterocycles. The summed E-state index contributed by atoms with van der Waals surface area (Å²) >= 11 is 0. The van der Waals surface area contributed by atoms with Gasteiger partial charge in [0.15, 0.2) is 12.2 Å². The lowest BCUT2D eigenvalue weighted by Crippen LogP contribution is -2.30. The molecule has 0 amide bonds. The third-order valence-corrected chi connectivity index (χ3v) is 22.4. The topological polar surface area (TPSA) is 237 Å². The van der Waals surface area contributed by atoms with Crippen molar-refractivity contribution in [2.75, 3.05) is 39.6 Å². The van der Waals surface area contributed by atoms with E-state index in [2.05, 4.69) is 34.6 Å². The van der Waals surface area contributed by atoms with Gasteiger partial charge in [0.2, 0.25) is 0 Å². The number of phosphoric ester groups is 2. The summed E-state index contributed by atoms with van der Waals surface area (Å²) in [5.41, 5.74) is 0. The minimum atomic E-state index is -4.97. The number of hydrogen-bond acceptors (Lipinski definition) is 15. The number of carbonyl (C=O) groups excluding carboxylic acids is 4. The Kier molecular flexibility index (Phi) is 78.2. The standard InChI is InChI=1S/C87H170O17P2/c1-6-9-12-15-18-21-23-25-27-29-30-35-38-42-46-51-56-61-66-71-85(90)98-77-83(104-87(92)73-68-63-58-53-48-44-40-36-32-31-34-37-41-45-50-54-59-64-69-80(4)5)79-102-106(95,96)100-75-81(88)74-99-105(93,94)101-78-82(76-97-84(89)70-65-60-55-49-20-17-14-11-8-3)103-86(91)72-67-62-57-52-47-43-39-33-28-26-24-22-19-16-13-10-7-2/h80-83,88H,6-79H2,1-5H3,(H,93,94)(H,95,96)/t81-,82+,83+/m0/s1. The van der Waals surface area contributed by atoms with E-state index in [1.165, 1.54) is 295 Å². The second kappa shape index (κ2) is 79.7. The van der Waals surface area contributed by atoms with Gasteiger partial charge < -0.3 is 33.8 Å². The Hall–Kier alpha value is -1.94. The Morgan fingerprint density at radius 3 is 0.642 bits per heavy atom. The fraction of sp³-hybridized carbons (Fsp3) is 0.954. The lowest BCUT2D eigenvalue weighted by atomic mass is 10.0. The molecule has 0 radical (unpaired) electrons. The van der Waals surface area contributed by atoms with Crippen LogP contribution >= 0.6 is 15.6 Å². The van der Waals surface area contributed by atoms with Crippen molar-refractivity contribution in [1.82, 2.24) is 0 Å². The zero-order chi connectivity index (χ0) is 77.6. The third-order valence-electron chi connectivity index (χ3n) is 20.5. The molecule has 2 unspecified atom stereocenters. The van der Waals surface area contributed by atoms with E-state index in [1.807, 2.05) is 0 Å². The number of aliphatic hydroxyl groups excluding tert-OH is 1. The minimum Gasteiger partial charge on any atom is -0.462 e. The number of phosphoric acid groups is 2. The highest BCUT2D eigenvalue weighted by atomic mass is 31.2. The molecule has 0 rings (SSSR count). The van der Waals surface area contributed by atoms with E-state index in [1.54, 1.807) is 0 Å². The molecule has 0 bridgehead atoms. The van der Waals surface area contributed by atoms with E-state index in [0.717, 1.165) is 95.8 Å². The van der Waals surface area contributed by atoms with Crippen LogP contribution in [-0.2, 0) is 65.4 Å². The quantitative estimate of drug-likeness (QED) is 0.0222. The van der Waals surface area contributed by atoms with Crippen molar-refractivity contribution in [2.24, 2.45) is 5.92 Å². The normalized spacial score (nSPS) is 13.7. The lowest BCUT2D eigenvalue weighted by molar-refractivity contribution is -0.161. The molecule has 5 atom stereocenters. The van der Waals surface area contributed by atoms with Gasteiger partial charge in [-0.05, 0) is 31.6 Å². The van der Waals surface area contributed by atoms with Crippen molar-refractivity contribution >= 4 is 39.5 Å². The van der Waals surface area contributed by atoms with Crippen molar-refractivity contribution in [1.29, 1.82) is 0 Å². The summed E-state index contributed by atoms with van der Waals surface area (Å²) in [6.07, 6.45) is 73.7. The van der Waals surface area contributed by atoms with Crippen LogP contribution in [0.1, 0.15) is 471 Å². The summed E-state index contributed by atoms with van der Waals surface area (Å²) in [6.45, 7) is 7.39. The summed E-state index contributed by atoms with van der Waals surface area (Å²) in [5.74, 6) is -1.28. The number of esters is 4. The average Bonchev–Trinajstić information content (AvgIpc) is 0.902. The maximum absolute atomic E-state index is 13.2. The predicted molar refractivity (Wildman–Crippen MR) is 437 cm³/mol. The van der Waals surface area contributed by atoms with Crippen LogP contribution in [0.15, 0.2) is 0 Å². The zero-order valence-electron chi connectivity index (χ0n) is 69.6. The molecule has 3 N–H and O–H groups in total. The van der Waals surface area contributed by atoms with Crippen molar-refractivity contribution in [3.8, 4) is 0 Å². The van der Waals surface area contributed by atoms with Gasteiger partial charge in [-0.1, -0.05) is 420 Å². The average molecular weight is 1550 g/mol. The lowest BCUT2D eigenvalue weighted by Gasteiger charge is -2.21. The fourth-order valence-electron chi connectivity index (χ4n) is 13.6. The van der Waals surface area contributed by atoms with Gasteiger partial charge in [0.1, 0.15) is 19.3 Å². The molecular weight excluding hydrogens is 1380 g/mol. The van der Waals surface area contributed by atoms with E-state index >= 15 is 0 Å². The van der Waals surface area contributed by atoms with Crippen molar-refractivity contribution < 1.29 is 80.2 Å². The SMILES string of the molecule is CCCCCCCCCCCCCCCCCCCCCC(=O)OC[C@H](COP(=O)(O)OC[C@@H](O)COP(=O)(O)OC[C@@H](COC(=O)CCCCCCCCCCC)OC(=O)CCCCCCCCCCCCCCCCCCC)OC(=O)CCCCCCCCCCCCCCCCCCCCC(C)C. The molecule has 0 aliphatic heterocycles. The number of carbonyl (C=O) groups is 4. The first-order valence-electron chi connectivity index (χ1n) is 45.1. The van der Waals surface area contributed by atoms with Crippen LogP contribution in [-0.4, -0.2) is 96.7 Å². The molecule has 0 spiro atoms. The van der Waals surface area contributed by atoms with Gasteiger partial charge in [0.25, 0.3) is 0 Å². The number of hydrogen-bond donors (Lipinski definition) is 3. The molecule has 0 saturated heterocycles. The maximum Gasteiger partial charge on any atom is 0.472 e. The Morgan fingerprint density at radius 2 is 0.434 bits per heavy atom. The molecule has 0 saturated carbocycles. The first-order chi connectivity index (χ1) is 51.5. The van der Waals surface area contributed by atoms with E-state index in [0.29, 0.717) is 25.7 Å². The van der Waals surface area contributed by atoms with Crippen LogP contribution in [0.25, 0.3) is 0 Å². The molecule has 0 aliphatic carbocycles. The largest absolute Gasteiger partial charge is 0.472 e. The third kappa shape index (κ3) is 80.1. The van der Waals surface area contributed by atoms with Gasteiger partial charge in [0, 0.05) is 25.7 Å².